The van der Waals surface area contributed by atoms with Gasteiger partial charge in [-0.2, -0.15) is 0 Å². The van der Waals surface area contributed by atoms with Crippen LogP contribution in [0.2, 0.25) is 0 Å². The first-order chi connectivity index (χ1) is 37.7. The lowest BCUT2D eigenvalue weighted by Crippen LogP contribution is -2.61. The van der Waals surface area contributed by atoms with Crippen molar-refractivity contribution in [3.8, 4) is 0 Å². The number of aliphatic hydroxyl groups is 1. The van der Waals surface area contributed by atoms with Gasteiger partial charge in [0, 0.05) is 17.3 Å². The Kier molecular flexibility index (Phi) is 20.3. The zero-order valence-electron chi connectivity index (χ0n) is 55.2. The van der Waals surface area contributed by atoms with Crippen LogP contribution in [0.3, 0.4) is 0 Å². The van der Waals surface area contributed by atoms with E-state index in [9.17, 15) is 33.9 Å². The van der Waals surface area contributed by atoms with Gasteiger partial charge in [-0.25, -0.2) is 4.79 Å². The standard InChI is InChI=1S/C20H34O2.C18H28O6.C16H26O3.C15H28O2/c1-6-18(3,4)17(21)22-19(5,7-2)20-11-14-8-15(12-20)10-16(9-14)13-20;1-7-15(2,3)12(19)22-10-11-23-14(21)18-9-8-17(6,13(20)24-18)16(18,4)5;1-4-14(2,3)13(17)19-16-8-11-5-12(9-16)7-15(18,6-11)10-16;1-6-14(2,3)13(16)17-15(4,5)12-10-8-7-9-11-12/h14-16H,6-13H2,1-5H3;7-11H2,1-6H3;11-12,18H,4-10H2,1-3H3;12H,6-11H2,1-5H3. The lowest BCUT2D eigenvalue weighted by Gasteiger charge is -2.62. The van der Waals surface area contributed by atoms with Crippen molar-refractivity contribution in [3.05, 3.63) is 0 Å². The van der Waals surface area contributed by atoms with Gasteiger partial charge in [-0.05, 0) is 247 Å². The van der Waals surface area contributed by atoms with Crippen LogP contribution in [0.5, 0.6) is 0 Å². The summed E-state index contributed by atoms with van der Waals surface area (Å²) in [5, 5.41) is 10.6. The SMILES string of the molecule is CCC(C)(C)C(=O)OC(C)(C)C1CCCCC1.CCC(C)(C)C(=O)OC(C)(CC)C12CC3CC(CC(C3)C1)C2.CCC(C)(C)C(=O)OC12CC3CC(CC(O)(C3)C1)C2.CCC(C)(C)C(=O)OCCOC(=O)C12CCC(C)(C(=O)O1)C2(C)C. The van der Waals surface area contributed by atoms with Gasteiger partial charge >= 0.3 is 35.8 Å². The molecule has 0 amide bonds. The Hall–Kier alpha value is -3.22. The number of fused-ring (bicyclic) bond motifs is 2. The molecule has 0 aromatic heterocycles. The number of hydrogen-bond donors (Lipinski definition) is 1. The molecule has 0 aromatic carbocycles. The quantitative estimate of drug-likeness (QED) is 0.0779. The number of ether oxygens (including phenoxy) is 6. The molecular formula is C69H116O13. The second-order valence-electron chi connectivity index (χ2n) is 32.2. The van der Waals surface area contributed by atoms with Gasteiger partial charge in [-0.3, -0.25) is 24.0 Å². The van der Waals surface area contributed by atoms with E-state index in [0.29, 0.717) is 43.4 Å². The highest BCUT2D eigenvalue weighted by Crippen LogP contribution is 2.67. The predicted molar refractivity (Wildman–Crippen MR) is 319 cm³/mol. The maximum atomic E-state index is 12.7. The Morgan fingerprint density at radius 1 is 0.537 bits per heavy atom. The fourth-order valence-corrected chi connectivity index (χ4v) is 16.4. The molecule has 13 nitrogen and oxygen atoms in total. The van der Waals surface area contributed by atoms with Gasteiger partial charge in [-0.1, -0.05) is 67.7 Å². The summed E-state index contributed by atoms with van der Waals surface area (Å²) >= 11 is 0. The molecule has 470 valence electrons. The third-order valence-corrected chi connectivity index (χ3v) is 24.1. The normalized spacial score (nSPS) is 33.9. The van der Waals surface area contributed by atoms with E-state index >= 15 is 0 Å². The van der Waals surface area contributed by atoms with Crippen LogP contribution in [0.4, 0.5) is 0 Å². The molecule has 0 spiro atoms. The number of esters is 6. The molecule has 11 aliphatic rings. The lowest BCUT2D eigenvalue weighted by molar-refractivity contribution is -0.225. The highest BCUT2D eigenvalue weighted by molar-refractivity contribution is 5.93. The van der Waals surface area contributed by atoms with Crippen molar-refractivity contribution in [2.45, 2.75) is 314 Å². The van der Waals surface area contributed by atoms with Gasteiger partial charge in [0.2, 0.25) is 5.60 Å². The number of rotatable bonds is 18. The Labute approximate surface area is 496 Å². The molecule has 11 fully saturated rings. The van der Waals surface area contributed by atoms with E-state index in [1.807, 2.05) is 83.1 Å². The molecule has 10 saturated carbocycles. The van der Waals surface area contributed by atoms with Crippen molar-refractivity contribution in [2.24, 2.45) is 73.4 Å². The summed E-state index contributed by atoms with van der Waals surface area (Å²) in [6.07, 6.45) is 25.3. The Balaban J connectivity index is 0.000000177. The Bertz CT molecular complexity index is 2250. The predicted octanol–water partition coefficient (Wildman–Crippen LogP) is 15.4. The molecule has 1 aliphatic heterocycles. The average molecular weight is 1150 g/mol. The summed E-state index contributed by atoms with van der Waals surface area (Å²) in [5.74, 6) is 3.02. The summed E-state index contributed by atoms with van der Waals surface area (Å²) in [7, 11) is 0. The van der Waals surface area contributed by atoms with Crippen molar-refractivity contribution >= 4 is 35.8 Å². The first-order valence-electron chi connectivity index (χ1n) is 32.7. The highest BCUT2D eigenvalue weighted by Gasteiger charge is 2.76. The maximum Gasteiger partial charge on any atom is 0.351 e. The van der Waals surface area contributed by atoms with Gasteiger partial charge in [0.25, 0.3) is 0 Å². The number of carbonyl (C=O) groups excluding carboxylic acids is 6. The van der Waals surface area contributed by atoms with Crippen LogP contribution >= 0.6 is 0 Å². The third kappa shape index (κ3) is 13.6. The molecule has 82 heavy (non-hydrogen) atoms. The molecule has 1 heterocycles. The van der Waals surface area contributed by atoms with E-state index < -0.39 is 38.8 Å². The van der Waals surface area contributed by atoms with Gasteiger partial charge in [-0.15, -0.1) is 0 Å². The van der Waals surface area contributed by atoms with Gasteiger partial charge in [0.05, 0.1) is 32.7 Å². The molecule has 10 aliphatic carbocycles. The smallest absolute Gasteiger partial charge is 0.351 e. The first-order valence-corrected chi connectivity index (χ1v) is 32.7. The van der Waals surface area contributed by atoms with E-state index in [0.717, 1.165) is 69.1 Å². The molecule has 5 atom stereocenters. The second kappa shape index (κ2) is 24.5. The summed E-state index contributed by atoms with van der Waals surface area (Å²) in [5.41, 5.74) is -5.44. The van der Waals surface area contributed by atoms with E-state index in [4.69, 9.17) is 28.4 Å². The summed E-state index contributed by atoms with van der Waals surface area (Å²) in [6.45, 7) is 37.7. The number of carbonyl (C=O) groups is 6. The molecule has 0 aromatic rings. The molecular weight excluding hydrogens is 1040 g/mol. The van der Waals surface area contributed by atoms with Crippen LogP contribution in [-0.4, -0.2) is 82.1 Å². The van der Waals surface area contributed by atoms with Gasteiger partial charge < -0.3 is 33.5 Å². The minimum Gasteiger partial charge on any atom is -0.462 e. The van der Waals surface area contributed by atoms with Crippen LogP contribution in [0.1, 0.15) is 286 Å². The van der Waals surface area contributed by atoms with Gasteiger partial charge in [0.15, 0.2) is 0 Å². The van der Waals surface area contributed by atoms with Crippen molar-refractivity contribution in [2.75, 3.05) is 13.2 Å². The van der Waals surface area contributed by atoms with Crippen molar-refractivity contribution in [3.63, 3.8) is 0 Å². The lowest BCUT2D eigenvalue weighted by atomic mass is 9.45. The monoisotopic (exact) mass is 1150 g/mol. The fourth-order valence-electron chi connectivity index (χ4n) is 16.4. The molecule has 10 bridgehead atoms. The molecule has 1 saturated heterocycles. The van der Waals surface area contributed by atoms with E-state index in [2.05, 4.69) is 34.6 Å². The molecule has 0 radical (unpaired) electrons. The fraction of sp³-hybridized carbons (Fsp3) is 0.913. The third-order valence-electron chi connectivity index (χ3n) is 24.1. The zero-order chi connectivity index (χ0) is 61.6. The minimum absolute atomic E-state index is 0.00424. The second-order valence-corrected chi connectivity index (χ2v) is 32.2. The summed E-state index contributed by atoms with van der Waals surface area (Å²) in [4.78, 5) is 73.9. The first kappa shape index (κ1) is 67.9. The van der Waals surface area contributed by atoms with Crippen molar-refractivity contribution in [1.82, 2.24) is 0 Å². The van der Waals surface area contributed by atoms with Crippen molar-refractivity contribution in [1.29, 1.82) is 0 Å². The van der Waals surface area contributed by atoms with Gasteiger partial charge in [0.1, 0.15) is 30.0 Å². The Morgan fingerprint density at radius 2 is 0.976 bits per heavy atom. The maximum absolute atomic E-state index is 12.7. The molecule has 5 unspecified atom stereocenters. The highest BCUT2D eigenvalue weighted by atomic mass is 16.6. The largest absolute Gasteiger partial charge is 0.462 e. The topological polar surface area (TPSA) is 178 Å². The molecule has 13 heteroatoms. The van der Waals surface area contributed by atoms with Crippen molar-refractivity contribution < 1.29 is 62.3 Å². The van der Waals surface area contributed by atoms with E-state index in [-0.39, 0.29) is 76.1 Å². The summed E-state index contributed by atoms with van der Waals surface area (Å²) < 4.78 is 33.9. The average Bonchev–Trinajstić information content (AvgIpc) is 3.93. The van der Waals surface area contributed by atoms with Crippen LogP contribution in [0.25, 0.3) is 0 Å². The van der Waals surface area contributed by atoms with E-state index in [1.54, 1.807) is 13.8 Å². The van der Waals surface area contributed by atoms with Crippen LogP contribution in [0, 0.1) is 73.4 Å². The Morgan fingerprint density at radius 3 is 1.40 bits per heavy atom. The van der Waals surface area contributed by atoms with E-state index in [1.165, 1.54) is 77.0 Å². The van der Waals surface area contributed by atoms with Crippen LogP contribution in [0.15, 0.2) is 0 Å². The van der Waals surface area contributed by atoms with Crippen LogP contribution in [-0.2, 0) is 57.2 Å². The number of hydrogen-bond acceptors (Lipinski definition) is 13. The van der Waals surface area contributed by atoms with Crippen LogP contribution < -0.4 is 0 Å². The molecule has 1 N–H and O–H groups in total. The minimum atomic E-state index is -1.23. The summed E-state index contributed by atoms with van der Waals surface area (Å²) in [6, 6.07) is 0. The molecule has 11 rings (SSSR count). The zero-order valence-corrected chi connectivity index (χ0v) is 55.2.